The van der Waals surface area contributed by atoms with Crippen LogP contribution in [-0.2, 0) is 14.3 Å². The van der Waals surface area contributed by atoms with E-state index in [1.807, 2.05) is 6.08 Å². The zero-order valence-electron chi connectivity index (χ0n) is 9.48. The molecule has 1 atom stereocenters. The molecule has 0 amide bonds. The van der Waals surface area contributed by atoms with Gasteiger partial charge in [0, 0.05) is 12.8 Å². The van der Waals surface area contributed by atoms with Crippen molar-refractivity contribution in [2.24, 2.45) is 0 Å². The van der Waals surface area contributed by atoms with Gasteiger partial charge in [0.05, 0.1) is 25.9 Å². The standard InChI is InChI=1S/C13H18O3/c1-3-5-11(4-2)9-15-10-13-8-12(14)6-7-16-13/h3-5,13H,1-2,6-10H2/b11-5+. The Labute approximate surface area is 96.4 Å². The van der Waals surface area contributed by atoms with Gasteiger partial charge in [-0.2, -0.15) is 0 Å². The molecule has 0 aromatic heterocycles. The molecule has 1 rings (SSSR count). The van der Waals surface area contributed by atoms with Crippen LogP contribution in [0.15, 0.2) is 37.0 Å². The van der Waals surface area contributed by atoms with E-state index in [2.05, 4.69) is 13.2 Å². The number of carbonyl (C=O) groups is 1. The van der Waals surface area contributed by atoms with Crippen molar-refractivity contribution in [3.8, 4) is 0 Å². The summed E-state index contributed by atoms with van der Waals surface area (Å²) in [5.41, 5.74) is 0.970. The number of hydrogen-bond donors (Lipinski definition) is 0. The van der Waals surface area contributed by atoms with Crippen molar-refractivity contribution in [2.75, 3.05) is 19.8 Å². The van der Waals surface area contributed by atoms with Crippen LogP contribution in [0.3, 0.4) is 0 Å². The van der Waals surface area contributed by atoms with E-state index in [9.17, 15) is 4.79 Å². The molecule has 1 aliphatic heterocycles. The molecule has 1 saturated heterocycles. The third kappa shape index (κ3) is 4.55. The molecule has 0 N–H and O–H groups in total. The second-order valence-corrected chi connectivity index (χ2v) is 3.68. The van der Waals surface area contributed by atoms with Crippen molar-refractivity contribution in [3.05, 3.63) is 37.0 Å². The molecule has 16 heavy (non-hydrogen) atoms. The number of rotatable bonds is 6. The van der Waals surface area contributed by atoms with E-state index in [4.69, 9.17) is 9.47 Å². The lowest BCUT2D eigenvalue weighted by molar-refractivity contribution is -0.131. The molecule has 1 unspecified atom stereocenters. The summed E-state index contributed by atoms with van der Waals surface area (Å²) in [5.74, 6) is 0.255. The fourth-order valence-electron chi connectivity index (χ4n) is 1.50. The second kappa shape index (κ2) is 7.14. The molecule has 3 heteroatoms. The first-order valence-electron chi connectivity index (χ1n) is 5.41. The van der Waals surface area contributed by atoms with Gasteiger partial charge < -0.3 is 9.47 Å². The zero-order chi connectivity index (χ0) is 11.8. The molecule has 1 heterocycles. The van der Waals surface area contributed by atoms with Gasteiger partial charge in [0.1, 0.15) is 5.78 Å². The Kier molecular flexibility index (Phi) is 5.75. The van der Waals surface area contributed by atoms with Gasteiger partial charge in [-0.05, 0) is 5.57 Å². The number of hydrogen-bond acceptors (Lipinski definition) is 3. The van der Waals surface area contributed by atoms with Gasteiger partial charge in [0.25, 0.3) is 0 Å². The summed E-state index contributed by atoms with van der Waals surface area (Å²) in [7, 11) is 0. The average Bonchev–Trinajstić information content (AvgIpc) is 2.28. The van der Waals surface area contributed by atoms with Crippen LogP contribution < -0.4 is 0 Å². The Balaban J connectivity index is 2.24. The Morgan fingerprint density at radius 1 is 1.56 bits per heavy atom. The number of ketones is 1. The van der Waals surface area contributed by atoms with E-state index < -0.39 is 0 Å². The summed E-state index contributed by atoms with van der Waals surface area (Å²) >= 11 is 0. The first-order valence-corrected chi connectivity index (χ1v) is 5.41. The van der Waals surface area contributed by atoms with Gasteiger partial charge in [-0.15, -0.1) is 0 Å². The lowest BCUT2D eigenvalue weighted by Crippen LogP contribution is -2.29. The highest BCUT2D eigenvalue weighted by Crippen LogP contribution is 2.10. The molecule has 0 aromatic carbocycles. The highest BCUT2D eigenvalue weighted by atomic mass is 16.5. The third-order valence-corrected chi connectivity index (χ3v) is 2.36. The fourth-order valence-corrected chi connectivity index (χ4v) is 1.50. The van der Waals surface area contributed by atoms with Crippen molar-refractivity contribution in [2.45, 2.75) is 18.9 Å². The van der Waals surface area contributed by atoms with Crippen LogP contribution in [0, 0.1) is 0 Å². The summed E-state index contributed by atoms with van der Waals surface area (Å²) in [6.45, 7) is 8.73. The molecule has 1 fully saturated rings. The molecule has 0 bridgehead atoms. The van der Waals surface area contributed by atoms with Crippen LogP contribution in [0.1, 0.15) is 12.8 Å². The van der Waals surface area contributed by atoms with Crippen LogP contribution in [0.25, 0.3) is 0 Å². The molecule has 0 spiro atoms. The van der Waals surface area contributed by atoms with E-state index in [1.165, 1.54) is 0 Å². The first-order chi connectivity index (χ1) is 7.76. The van der Waals surface area contributed by atoms with Crippen LogP contribution in [0.5, 0.6) is 0 Å². The van der Waals surface area contributed by atoms with E-state index in [0.29, 0.717) is 32.7 Å². The van der Waals surface area contributed by atoms with Crippen LogP contribution in [0.2, 0.25) is 0 Å². The van der Waals surface area contributed by atoms with Crippen LogP contribution >= 0.6 is 0 Å². The van der Waals surface area contributed by atoms with Gasteiger partial charge in [0.2, 0.25) is 0 Å². The maximum absolute atomic E-state index is 11.2. The third-order valence-electron chi connectivity index (χ3n) is 2.36. The highest BCUT2D eigenvalue weighted by molar-refractivity contribution is 5.79. The molecule has 0 aliphatic carbocycles. The molecule has 1 aliphatic rings. The van der Waals surface area contributed by atoms with E-state index in [1.54, 1.807) is 12.2 Å². The smallest absolute Gasteiger partial charge is 0.137 e. The predicted octanol–water partition coefficient (Wildman–Crippen LogP) is 2.05. The van der Waals surface area contributed by atoms with Gasteiger partial charge in [0.15, 0.2) is 0 Å². The predicted molar refractivity (Wildman–Crippen MR) is 63.3 cm³/mol. The summed E-state index contributed by atoms with van der Waals surface area (Å²) < 4.78 is 10.9. The molecular formula is C13H18O3. The number of ether oxygens (including phenoxy) is 2. The van der Waals surface area contributed by atoms with Gasteiger partial charge in [-0.1, -0.05) is 31.4 Å². The Morgan fingerprint density at radius 2 is 2.38 bits per heavy atom. The Hall–Kier alpha value is -1.19. The molecule has 3 nitrogen and oxygen atoms in total. The fraction of sp³-hybridized carbons (Fsp3) is 0.462. The van der Waals surface area contributed by atoms with Gasteiger partial charge >= 0.3 is 0 Å². The Bertz CT molecular complexity index is 292. The van der Waals surface area contributed by atoms with Crippen molar-refractivity contribution in [1.82, 2.24) is 0 Å². The maximum atomic E-state index is 11.2. The zero-order valence-corrected chi connectivity index (χ0v) is 9.48. The van der Waals surface area contributed by atoms with E-state index >= 15 is 0 Å². The van der Waals surface area contributed by atoms with Crippen LogP contribution in [0.4, 0.5) is 0 Å². The van der Waals surface area contributed by atoms with Gasteiger partial charge in [-0.25, -0.2) is 0 Å². The summed E-state index contributed by atoms with van der Waals surface area (Å²) in [4.78, 5) is 11.2. The largest absolute Gasteiger partial charge is 0.375 e. The van der Waals surface area contributed by atoms with Crippen LogP contribution in [-0.4, -0.2) is 31.7 Å². The number of Topliss-reactive ketones (excluding diaryl/α,β-unsaturated/α-hetero) is 1. The second-order valence-electron chi connectivity index (χ2n) is 3.68. The molecular weight excluding hydrogens is 204 g/mol. The number of allylic oxidation sites excluding steroid dienone is 2. The minimum atomic E-state index is -0.0870. The molecule has 0 saturated carbocycles. The van der Waals surface area contributed by atoms with E-state index in [-0.39, 0.29) is 11.9 Å². The normalized spacial score (nSPS) is 21.9. The average molecular weight is 222 g/mol. The SMILES string of the molecule is C=C/C=C(\C=C)COCC1CC(=O)CCO1. The van der Waals surface area contributed by atoms with Crippen molar-refractivity contribution < 1.29 is 14.3 Å². The highest BCUT2D eigenvalue weighted by Gasteiger charge is 2.19. The lowest BCUT2D eigenvalue weighted by atomic mass is 10.1. The number of carbonyl (C=O) groups excluding carboxylic acids is 1. The quantitative estimate of drug-likeness (QED) is 0.645. The minimum Gasteiger partial charge on any atom is -0.375 e. The van der Waals surface area contributed by atoms with Crippen molar-refractivity contribution in [3.63, 3.8) is 0 Å². The van der Waals surface area contributed by atoms with Gasteiger partial charge in [-0.3, -0.25) is 4.79 Å². The molecule has 0 radical (unpaired) electrons. The summed E-state index contributed by atoms with van der Waals surface area (Å²) in [5, 5.41) is 0. The minimum absolute atomic E-state index is 0.0870. The molecule has 88 valence electrons. The lowest BCUT2D eigenvalue weighted by Gasteiger charge is -2.21. The topological polar surface area (TPSA) is 35.5 Å². The van der Waals surface area contributed by atoms with E-state index in [0.717, 1.165) is 5.57 Å². The Morgan fingerprint density at radius 3 is 3.00 bits per heavy atom. The van der Waals surface area contributed by atoms with Crippen molar-refractivity contribution >= 4 is 5.78 Å². The van der Waals surface area contributed by atoms with Crippen molar-refractivity contribution in [1.29, 1.82) is 0 Å². The maximum Gasteiger partial charge on any atom is 0.137 e. The first kappa shape index (κ1) is 12.9. The summed E-state index contributed by atoms with van der Waals surface area (Å²) in [6.07, 6.45) is 6.19. The monoisotopic (exact) mass is 222 g/mol. The molecule has 0 aromatic rings. The summed E-state index contributed by atoms with van der Waals surface area (Å²) in [6, 6.07) is 0.